The van der Waals surface area contributed by atoms with Gasteiger partial charge in [0, 0.05) is 0 Å². The summed E-state index contributed by atoms with van der Waals surface area (Å²) in [5.74, 6) is 9.39. The van der Waals surface area contributed by atoms with Crippen LogP contribution in [0.1, 0.15) is 51.4 Å². The normalized spacial score (nSPS) is 60.4. The van der Waals surface area contributed by atoms with Crippen LogP contribution in [0, 0.1) is 47.3 Å². The zero-order valence-corrected chi connectivity index (χ0v) is 11.4. The van der Waals surface area contributed by atoms with Crippen LogP contribution in [0.25, 0.3) is 0 Å². The third-order valence-electron chi connectivity index (χ3n) is 7.73. The SMILES string of the molecule is C1=CCCC2C(CC1)C1CC2C2C3CCC(C3)C12. The summed E-state index contributed by atoms with van der Waals surface area (Å²) in [6, 6.07) is 0. The van der Waals surface area contributed by atoms with Gasteiger partial charge in [-0.3, -0.25) is 0 Å². The van der Waals surface area contributed by atoms with Crippen molar-refractivity contribution in [2.75, 3.05) is 0 Å². The predicted octanol–water partition coefficient (Wildman–Crippen LogP) is 4.66. The highest BCUT2D eigenvalue weighted by molar-refractivity contribution is 5.13. The highest BCUT2D eigenvalue weighted by Gasteiger charge is 2.64. The van der Waals surface area contributed by atoms with Crippen LogP contribution in [0.3, 0.4) is 0 Å². The molecule has 0 aromatic carbocycles. The van der Waals surface area contributed by atoms with E-state index in [-0.39, 0.29) is 0 Å². The van der Waals surface area contributed by atoms with Gasteiger partial charge in [-0.25, -0.2) is 0 Å². The minimum atomic E-state index is 1.14. The fraction of sp³-hybridized carbons (Fsp3) is 0.889. The van der Waals surface area contributed by atoms with Crippen molar-refractivity contribution in [1.82, 2.24) is 0 Å². The minimum absolute atomic E-state index is 1.14. The third kappa shape index (κ3) is 1.18. The van der Waals surface area contributed by atoms with Crippen LogP contribution in [0.5, 0.6) is 0 Å². The van der Waals surface area contributed by atoms with Crippen molar-refractivity contribution < 1.29 is 0 Å². The molecule has 0 nitrogen and oxygen atoms in total. The van der Waals surface area contributed by atoms with E-state index >= 15 is 0 Å². The van der Waals surface area contributed by atoms with E-state index < -0.39 is 0 Å². The maximum atomic E-state index is 2.47. The summed E-state index contributed by atoms with van der Waals surface area (Å²) >= 11 is 0. The van der Waals surface area contributed by atoms with Crippen LogP contribution < -0.4 is 0 Å². The molecule has 8 unspecified atom stereocenters. The molecule has 5 rings (SSSR count). The lowest BCUT2D eigenvalue weighted by Crippen LogP contribution is -2.38. The molecule has 4 saturated carbocycles. The summed E-state index contributed by atoms with van der Waals surface area (Å²) in [6.07, 6.45) is 17.3. The van der Waals surface area contributed by atoms with Crippen LogP contribution in [0.4, 0.5) is 0 Å². The minimum Gasteiger partial charge on any atom is -0.0885 e. The van der Waals surface area contributed by atoms with E-state index in [0.717, 1.165) is 11.8 Å². The Morgan fingerprint density at radius 3 is 1.67 bits per heavy atom. The number of rotatable bonds is 0. The Morgan fingerprint density at radius 2 is 1.11 bits per heavy atom. The zero-order valence-electron chi connectivity index (χ0n) is 11.4. The smallest absolute Gasteiger partial charge is 0.0321 e. The second-order valence-corrected chi connectivity index (χ2v) is 8.01. The molecule has 0 heterocycles. The first-order valence-electron chi connectivity index (χ1n) is 8.58. The van der Waals surface area contributed by atoms with E-state index in [0.29, 0.717) is 0 Å². The maximum absolute atomic E-state index is 2.47. The summed E-state index contributed by atoms with van der Waals surface area (Å²) in [5.41, 5.74) is 0. The fourth-order valence-corrected chi connectivity index (χ4v) is 7.50. The van der Waals surface area contributed by atoms with Crippen molar-refractivity contribution in [3.8, 4) is 0 Å². The van der Waals surface area contributed by atoms with Gasteiger partial charge in [0.2, 0.25) is 0 Å². The lowest BCUT2D eigenvalue weighted by Gasteiger charge is -2.44. The number of allylic oxidation sites excluding steroid dienone is 2. The quantitative estimate of drug-likeness (QED) is 0.428. The van der Waals surface area contributed by atoms with Gasteiger partial charge < -0.3 is 0 Å². The highest BCUT2D eigenvalue weighted by Crippen LogP contribution is 2.71. The van der Waals surface area contributed by atoms with E-state index in [9.17, 15) is 0 Å². The third-order valence-corrected chi connectivity index (χ3v) is 7.73. The van der Waals surface area contributed by atoms with Gasteiger partial charge in [-0.15, -0.1) is 0 Å². The van der Waals surface area contributed by atoms with Gasteiger partial charge in [0.1, 0.15) is 0 Å². The van der Waals surface area contributed by atoms with E-state index in [2.05, 4.69) is 12.2 Å². The van der Waals surface area contributed by atoms with Gasteiger partial charge in [-0.2, -0.15) is 0 Å². The lowest BCUT2D eigenvalue weighted by molar-refractivity contribution is 0.0477. The molecular formula is C18H26. The molecule has 0 aliphatic heterocycles. The van der Waals surface area contributed by atoms with E-state index in [1.165, 1.54) is 61.2 Å². The molecule has 0 aromatic heterocycles. The number of hydrogen-bond donors (Lipinski definition) is 0. The first kappa shape index (κ1) is 10.5. The molecule has 4 fully saturated rings. The van der Waals surface area contributed by atoms with Gasteiger partial charge >= 0.3 is 0 Å². The standard InChI is InChI=1S/C18H26/c1-2-4-6-14-13(5-3-1)15-10-16(14)18-12-8-7-11(9-12)17(15)18/h1-2,11-18H,3-10H2. The lowest BCUT2D eigenvalue weighted by atomic mass is 9.61. The molecule has 18 heavy (non-hydrogen) atoms. The predicted molar refractivity (Wildman–Crippen MR) is 74.0 cm³/mol. The summed E-state index contributed by atoms with van der Waals surface area (Å²) in [7, 11) is 0. The van der Waals surface area contributed by atoms with Crippen LogP contribution in [0.15, 0.2) is 12.2 Å². The number of hydrogen-bond acceptors (Lipinski definition) is 0. The Morgan fingerprint density at radius 1 is 0.556 bits per heavy atom. The van der Waals surface area contributed by atoms with E-state index in [1.54, 1.807) is 25.7 Å². The first-order chi connectivity index (χ1) is 8.93. The van der Waals surface area contributed by atoms with Gasteiger partial charge in [0.05, 0.1) is 0 Å². The molecule has 0 amide bonds. The summed E-state index contributed by atoms with van der Waals surface area (Å²) in [4.78, 5) is 0. The molecule has 4 bridgehead atoms. The van der Waals surface area contributed by atoms with Crippen molar-refractivity contribution >= 4 is 0 Å². The Bertz CT molecular complexity index is 347. The van der Waals surface area contributed by atoms with Crippen molar-refractivity contribution in [2.24, 2.45) is 47.3 Å². The van der Waals surface area contributed by atoms with E-state index in [1.807, 2.05) is 0 Å². The Labute approximate surface area is 111 Å². The molecule has 0 heteroatoms. The number of fused-ring (bicyclic) bond motifs is 12. The van der Waals surface area contributed by atoms with Crippen LogP contribution >= 0.6 is 0 Å². The molecule has 0 aromatic rings. The van der Waals surface area contributed by atoms with E-state index in [4.69, 9.17) is 0 Å². The summed E-state index contributed by atoms with van der Waals surface area (Å²) in [5, 5.41) is 0. The topological polar surface area (TPSA) is 0 Å². The molecule has 0 radical (unpaired) electrons. The molecule has 98 valence electrons. The van der Waals surface area contributed by atoms with Crippen molar-refractivity contribution in [2.45, 2.75) is 51.4 Å². The first-order valence-corrected chi connectivity index (χ1v) is 8.58. The molecule has 8 atom stereocenters. The van der Waals surface area contributed by atoms with Crippen molar-refractivity contribution in [3.63, 3.8) is 0 Å². The van der Waals surface area contributed by atoms with Crippen molar-refractivity contribution in [3.05, 3.63) is 12.2 Å². The molecule has 0 N–H and O–H groups in total. The largest absolute Gasteiger partial charge is 0.0885 e. The summed E-state index contributed by atoms with van der Waals surface area (Å²) < 4.78 is 0. The average Bonchev–Trinajstić information content (AvgIpc) is 3.03. The van der Waals surface area contributed by atoms with Gasteiger partial charge in [-0.1, -0.05) is 12.2 Å². The monoisotopic (exact) mass is 242 g/mol. The second kappa shape index (κ2) is 3.64. The van der Waals surface area contributed by atoms with Crippen molar-refractivity contribution in [1.29, 1.82) is 0 Å². The second-order valence-electron chi connectivity index (χ2n) is 8.01. The Kier molecular flexibility index (Phi) is 2.13. The van der Waals surface area contributed by atoms with Gasteiger partial charge in [0.15, 0.2) is 0 Å². The van der Waals surface area contributed by atoms with Crippen LogP contribution in [-0.4, -0.2) is 0 Å². The molecule has 5 aliphatic carbocycles. The maximum Gasteiger partial charge on any atom is -0.0321 e. The summed E-state index contributed by atoms with van der Waals surface area (Å²) in [6.45, 7) is 0. The fourth-order valence-electron chi connectivity index (χ4n) is 7.50. The average molecular weight is 242 g/mol. The van der Waals surface area contributed by atoms with Gasteiger partial charge in [0.25, 0.3) is 0 Å². The highest BCUT2D eigenvalue weighted by atomic mass is 14.7. The zero-order chi connectivity index (χ0) is 11.7. The van der Waals surface area contributed by atoms with Crippen LogP contribution in [-0.2, 0) is 0 Å². The molecule has 0 spiro atoms. The van der Waals surface area contributed by atoms with Crippen LogP contribution in [0.2, 0.25) is 0 Å². The molecular weight excluding hydrogens is 216 g/mol. The Balaban J connectivity index is 1.49. The Hall–Kier alpha value is -0.260. The molecule has 0 saturated heterocycles. The van der Waals surface area contributed by atoms with Gasteiger partial charge in [-0.05, 0) is 98.7 Å². The molecule has 5 aliphatic rings.